The average Bonchev–Trinajstić information content (AvgIpc) is 2.66. The van der Waals surface area contributed by atoms with Crippen molar-refractivity contribution in [2.75, 3.05) is 0 Å². The normalized spacial score (nSPS) is 11.1. The first kappa shape index (κ1) is 19.5. The molecule has 0 saturated carbocycles. The van der Waals surface area contributed by atoms with Gasteiger partial charge in [0.2, 0.25) is 5.88 Å². The van der Waals surface area contributed by atoms with E-state index in [1.54, 1.807) is 19.9 Å². The lowest BCUT2D eigenvalue weighted by molar-refractivity contribution is 0.0785. The summed E-state index contributed by atoms with van der Waals surface area (Å²) in [7, 11) is 0. The Balaban J connectivity index is 1.69. The molecule has 0 radical (unpaired) electrons. The van der Waals surface area contributed by atoms with E-state index in [-0.39, 0.29) is 17.4 Å². The number of aryl methyl sites for hydroxylation is 1. The first-order valence-corrected chi connectivity index (χ1v) is 8.97. The van der Waals surface area contributed by atoms with Crippen molar-refractivity contribution in [1.82, 2.24) is 15.3 Å². The summed E-state index contributed by atoms with van der Waals surface area (Å²) in [6, 6.07) is 15.0. The molecule has 2 aromatic carbocycles. The lowest BCUT2D eigenvalue weighted by Crippen LogP contribution is -2.24. The maximum Gasteiger partial charge on any atom is 0.258 e. The Bertz CT molecular complexity index is 963. The van der Waals surface area contributed by atoms with Crippen molar-refractivity contribution in [3.63, 3.8) is 0 Å². The van der Waals surface area contributed by atoms with E-state index in [0.29, 0.717) is 12.3 Å². The topological polar surface area (TPSA) is 84.3 Å². The molecule has 0 bridgehead atoms. The molecule has 2 N–H and O–H groups in total. The predicted octanol–water partition coefficient (Wildman–Crippen LogP) is 3.73. The van der Waals surface area contributed by atoms with Crippen LogP contribution in [0.5, 0.6) is 11.6 Å². The fourth-order valence-corrected chi connectivity index (χ4v) is 2.65. The molecule has 28 heavy (non-hydrogen) atoms. The Morgan fingerprint density at radius 3 is 2.61 bits per heavy atom. The van der Waals surface area contributed by atoms with Gasteiger partial charge in [0, 0.05) is 12.7 Å². The van der Waals surface area contributed by atoms with Crippen LogP contribution >= 0.6 is 0 Å². The molecule has 1 amide bonds. The molecule has 0 aliphatic rings. The van der Waals surface area contributed by atoms with E-state index in [0.717, 1.165) is 16.7 Å². The molecule has 0 fully saturated rings. The van der Waals surface area contributed by atoms with Gasteiger partial charge in [-0.2, -0.15) is 0 Å². The lowest BCUT2D eigenvalue weighted by atomic mass is 9.97. The minimum Gasteiger partial charge on any atom is -0.438 e. The summed E-state index contributed by atoms with van der Waals surface area (Å²) in [6.45, 7) is 5.76. The molecule has 0 aliphatic heterocycles. The number of ether oxygens (including phenoxy) is 1. The lowest BCUT2D eigenvalue weighted by Gasteiger charge is -2.18. The summed E-state index contributed by atoms with van der Waals surface area (Å²) < 4.78 is 5.78. The standard InChI is InChI=1S/C22H23N3O3/c1-15-5-4-6-18(11-15)28-21-19(13-23-14-25-21)20(26)24-12-16-7-9-17(10-8-16)22(2,3)27/h4-11,13-14,27H,12H2,1-3H3,(H,24,26). The number of aromatic nitrogens is 2. The van der Waals surface area contributed by atoms with E-state index in [9.17, 15) is 9.90 Å². The van der Waals surface area contributed by atoms with E-state index in [1.165, 1.54) is 12.5 Å². The van der Waals surface area contributed by atoms with Gasteiger partial charge in [0.05, 0.1) is 5.60 Å². The van der Waals surface area contributed by atoms with Crippen molar-refractivity contribution in [2.24, 2.45) is 0 Å². The van der Waals surface area contributed by atoms with E-state index >= 15 is 0 Å². The summed E-state index contributed by atoms with van der Waals surface area (Å²) in [5, 5.41) is 12.9. The number of carbonyl (C=O) groups excluding carboxylic acids is 1. The van der Waals surface area contributed by atoms with Gasteiger partial charge >= 0.3 is 0 Å². The van der Waals surface area contributed by atoms with Crippen LogP contribution < -0.4 is 10.1 Å². The van der Waals surface area contributed by atoms with Gasteiger partial charge in [-0.3, -0.25) is 4.79 Å². The second-order valence-corrected chi connectivity index (χ2v) is 7.10. The number of nitrogens with zero attached hydrogens (tertiary/aromatic N) is 2. The first-order chi connectivity index (χ1) is 13.3. The highest BCUT2D eigenvalue weighted by Crippen LogP contribution is 2.23. The van der Waals surface area contributed by atoms with Gasteiger partial charge in [0.15, 0.2) is 0 Å². The number of nitrogens with one attached hydrogen (secondary N) is 1. The summed E-state index contributed by atoms with van der Waals surface area (Å²) in [6.07, 6.45) is 2.78. The van der Waals surface area contributed by atoms with E-state index in [4.69, 9.17) is 4.74 Å². The molecule has 6 heteroatoms. The van der Waals surface area contributed by atoms with E-state index in [2.05, 4.69) is 15.3 Å². The fraction of sp³-hybridized carbons (Fsp3) is 0.227. The third-order valence-corrected chi connectivity index (χ3v) is 4.24. The minimum absolute atomic E-state index is 0.204. The van der Waals surface area contributed by atoms with Crippen LogP contribution in [0, 0.1) is 6.92 Å². The maximum absolute atomic E-state index is 12.6. The third kappa shape index (κ3) is 4.92. The molecule has 1 heterocycles. The van der Waals surface area contributed by atoms with Gasteiger partial charge in [0.25, 0.3) is 5.91 Å². The van der Waals surface area contributed by atoms with Gasteiger partial charge in [-0.05, 0) is 49.6 Å². The van der Waals surface area contributed by atoms with Gasteiger partial charge in [0.1, 0.15) is 17.6 Å². The Morgan fingerprint density at radius 1 is 1.18 bits per heavy atom. The Kier molecular flexibility index (Phi) is 5.70. The van der Waals surface area contributed by atoms with Crippen molar-refractivity contribution in [1.29, 1.82) is 0 Å². The van der Waals surface area contributed by atoms with Crippen LogP contribution in [0.1, 0.15) is 40.9 Å². The maximum atomic E-state index is 12.6. The van der Waals surface area contributed by atoms with Crippen LogP contribution in [0.15, 0.2) is 61.1 Å². The van der Waals surface area contributed by atoms with Gasteiger partial charge < -0.3 is 15.2 Å². The number of benzene rings is 2. The second-order valence-electron chi connectivity index (χ2n) is 7.10. The summed E-state index contributed by atoms with van der Waals surface area (Å²) in [5.74, 6) is 0.486. The molecule has 0 spiro atoms. The molecule has 0 aliphatic carbocycles. The van der Waals surface area contributed by atoms with Crippen molar-refractivity contribution in [3.8, 4) is 11.6 Å². The quantitative estimate of drug-likeness (QED) is 0.684. The highest BCUT2D eigenvalue weighted by molar-refractivity contribution is 5.96. The third-order valence-electron chi connectivity index (χ3n) is 4.24. The van der Waals surface area contributed by atoms with Crippen LogP contribution in [0.2, 0.25) is 0 Å². The number of aliphatic hydroxyl groups is 1. The molecule has 3 aromatic rings. The largest absolute Gasteiger partial charge is 0.438 e. The SMILES string of the molecule is Cc1cccc(Oc2ncncc2C(=O)NCc2ccc(C(C)(C)O)cc2)c1. The van der Waals surface area contributed by atoms with Gasteiger partial charge in [-0.1, -0.05) is 36.4 Å². The van der Waals surface area contributed by atoms with Crippen LogP contribution in [-0.4, -0.2) is 21.0 Å². The van der Waals surface area contributed by atoms with Crippen molar-refractivity contribution < 1.29 is 14.6 Å². The Labute approximate surface area is 164 Å². The van der Waals surface area contributed by atoms with Gasteiger partial charge in [-0.15, -0.1) is 0 Å². The molecule has 0 atom stereocenters. The predicted molar refractivity (Wildman–Crippen MR) is 106 cm³/mol. The highest BCUT2D eigenvalue weighted by Gasteiger charge is 2.17. The highest BCUT2D eigenvalue weighted by atomic mass is 16.5. The summed E-state index contributed by atoms with van der Waals surface area (Å²) in [4.78, 5) is 20.6. The van der Waals surface area contributed by atoms with E-state index < -0.39 is 5.60 Å². The zero-order chi connectivity index (χ0) is 20.1. The van der Waals surface area contributed by atoms with Crippen molar-refractivity contribution >= 4 is 5.91 Å². The fourth-order valence-electron chi connectivity index (χ4n) is 2.65. The van der Waals surface area contributed by atoms with Crippen LogP contribution in [0.25, 0.3) is 0 Å². The van der Waals surface area contributed by atoms with Crippen LogP contribution in [0.3, 0.4) is 0 Å². The second kappa shape index (κ2) is 8.19. The Hall–Kier alpha value is -3.25. The number of amides is 1. The number of hydrogen-bond donors (Lipinski definition) is 2. The zero-order valence-corrected chi connectivity index (χ0v) is 16.1. The minimum atomic E-state index is -0.898. The van der Waals surface area contributed by atoms with Crippen molar-refractivity contribution in [2.45, 2.75) is 32.9 Å². The first-order valence-electron chi connectivity index (χ1n) is 8.97. The molecule has 6 nitrogen and oxygen atoms in total. The molecular weight excluding hydrogens is 354 g/mol. The number of hydrogen-bond acceptors (Lipinski definition) is 5. The monoisotopic (exact) mass is 377 g/mol. The number of carbonyl (C=O) groups is 1. The molecular formula is C22H23N3O3. The Morgan fingerprint density at radius 2 is 1.93 bits per heavy atom. The molecule has 144 valence electrons. The van der Waals surface area contributed by atoms with Crippen LogP contribution in [0.4, 0.5) is 0 Å². The molecule has 0 unspecified atom stereocenters. The number of rotatable bonds is 6. The average molecular weight is 377 g/mol. The molecule has 3 rings (SSSR count). The molecule has 1 aromatic heterocycles. The van der Waals surface area contributed by atoms with Crippen LogP contribution in [-0.2, 0) is 12.1 Å². The zero-order valence-electron chi connectivity index (χ0n) is 16.1. The van der Waals surface area contributed by atoms with Gasteiger partial charge in [-0.25, -0.2) is 9.97 Å². The molecule has 0 saturated heterocycles. The van der Waals surface area contributed by atoms with Crippen molar-refractivity contribution in [3.05, 3.63) is 83.3 Å². The smallest absolute Gasteiger partial charge is 0.258 e. The van der Waals surface area contributed by atoms with E-state index in [1.807, 2.05) is 49.4 Å². The summed E-state index contributed by atoms with van der Waals surface area (Å²) in [5.41, 5.74) is 2.14. The summed E-state index contributed by atoms with van der Waals surface area (Å²) >= 11 is 0.